The normalized spacial score (nSPS) is 10.7. The summed E-state index contributed by atoms with van der Waals surface area (Å²) in [5, 5.41) is 12.2. The maximum absolute atomic E-state index is 12.2. The summed E-state index contributed by atoms with van der Waals surface area (Å²) in [6, 6.07) is 3.91. The van der Waals surface area contributed by atoms with Gasteiger partial charge in [-0.2, -0.15) is 0 Å². The highest BCUT2D eigenvalue weighted by atomic mass is 32.1. The number of unbranched alkanes of at least 4 members (excludes halogenated alkanes) is 2. The van der Waals surface area contributed by atoms with E-state index in [2.05, 4.69) is 26.5 Å². The third kappa shape index (κ3) is 3.44. The Kier molecular flexibility index (Phi) is 5.75. The molecule has 0 saturated carbocycles. The fourth-order valence-electron chi connectivity index (χ4n) is 1.83. The molecule has 1 radical (unpaired) electrons. The molecule has 0 amide bonds. The summed E-state index contributed by atoms with van der Waals surface area (Å²) in [4.78, 5) is 0.860. The zero-order valence-electron chi connectivity index (χ0n) is 10.3. The molecule has 1 nitrogen and oxygen atoms in total. The quantitative estimate of drug-likeness (QED) is 0.685. The van der Waals surface area contributed by atoms with Gasteiger partial charge >= 0.3 is 0 Å². The van der Waals surface area contributed by atoms with Gasteiger partial charge in [0, 0.05) is 10.5 Å². The van der Waals surface area contributed by atoms with Crippen molar-refractivity contribution in [2.45, 2.75) is 57.3 Å². The van der Waals surface area contributed by atoms with Crippen molar-refractivity contribution in [2.24, 2.45) is 0 Å². The summed E-state index contributed by atoms with van der Waals surface area (Å²) in [5.74, 6) is 0.231. The van der Waals surface area contributed by atoms with E-state index in [1.807, 2.05) is 12.1 Å². The van der Waals surface area contributed by atoms with Crippen LogP contribution in [-0.4, -0.2) is 0 Å². The molecule has 0 spiro atoms. The van der Waals surface area contributed by atoms with Crippen LogP contribution in [0.5, 0.6) is 5.75 Å². The Morgan fingerprint density at radius 2 is 1.69 bits per heavy atom. The predicted octanol–water partition coefficient (Wildman–Crippen LogP) is 4.80. The number of benzene rings is 1. The minimum absolute atomic E-state index is 0.231. The van der Waals surface area contributed by atoms with Crippen LogP contribution < -0.4 is 0 Å². The van der Waals surface area contributed by atoms with Crippen LogP contribution in [0.2, 0.25) is 0 Å². The second-order valence-corrected chi connectivity index (χ2v) is 4.74. The maximum atomic E-state index is 12.2. The van der Waals surface area contributed by atoms with Crippen molar-refractivity contribution in [1.29, 1.82) is 0 Å². The van der Waals surface area contributed by atoms with E-state index in [1.165, 1.54) is 0 Å². The van der Waals surface area contributed by atoms with E-state index >= 15 is 0 Å². The molecule has 1 rings (SSSR count). The van der Waals surface area contributed by atoms with Crippen LogP contribution >= 0.6 is 12.6 Å². The van der Waals surface area contributed by atoms with Crippen molar-refractivity contribution in [1.82, 2.24) is 0 Å². The molecule has 0 bridgehead atoms. The zero-order valence-corrected chi connectivity index (χ0v) is 11.1. The van der Waals surface area contributed by atoms with Gasteiger partial charge in [-0.1, -0.05) is 32.8 Å². The van der Waals surface area contributed by atoms with Gasteiger partial charge in [0.25, 0.3) is 0 Å². The molecule has 0 unspecified atom stereocenters. The Labute approximate surface area is 104 Å². The molecule has 0 atom stereocenters. The number of hydrogen-bond donors (Lipinski definition) is 1. The van der Waals surface area contributed by atoms with Crippen molar-refractivity contribution in [3.63, 3.8) is 0 Å². The Morgan fingerprint density at radius 3 is 2.31 bits per heavy atom. The highest BCUT2D eigenvalue weighted by Gasteiger charge is 2.11. The van der Waals surface area contributed by atoms with Gasteiger partial charge in [-0.3, -0.25) is 5.11 Å². The summed E-state index contributed by atoms with van der Waals surface area (Å²) >= 11 is 4.38. The molecule has 1 aromatic carbocycles. The number of rotatable bonds is 6. The average Bonchev–Trinajstić information content (AvgIpc) is 2.28. The molecule has 0 heterocycles. The Balaban J connectivity index is 2.87. The van der Waals surface area contributed by atoms with Crippen molar-refractivity contribution in [2.75, 3.05) is 0 Å². The highest BCUT2D eigenvalue weighted by Crippen LogP contribution is 2.31. The van der Waals surface area contributed by atoms with Crippen LogP contribution in [0.15, 0.2) is 17.0 Å². The Hall–Kier alpha value is -0.630. The second kappa shape index (κ2) is 6.85. The lowest BCUT2D eigenvalue weighted by Crippen LogP contribution is -1.93. The monoisotopic (exact) mass is 237 g/mol. The van der Waals surface area contributed by atoms with Gasteiger partial charge in [0.1, 0.15) is 0 Å². The van der Waals surface area contributed by atoms with Crippen LogP contribution in [0.1, 0.15) is 50.7 Å². The fraction of sp³-hybridized carbons (Fsp3) is 0.571. The molecule has 16 heavy (non-hydrogen) atoms. The number of hydrogen-bond acceptors (Lipinski definition) is 1. The third-order valence-electron chi connectivity index (χ3n) is 2.90. The summed E-state index contributed by atoms with van der Waals surface area (Å²) in [7, 11) is 0. The van der Waals surface area contributed by atoms with E-state index < -0.39 is 0 Å². The average molecular weight is 237 g/mol. The van der Waals surface area contributed by atoms with Crippen molar-refractivity contribution >= 4 is 12.6 Å². The Morgan fingerprint density at radius 1 is 1.06 bits per heavy atom. The minimum Gasteiger partial charge on any atom is -0.289 e. The second-order valence-electron chi connectivity index (χ2n) is 4.26. The third-order valence-corrected chi connectivity index (χ3v) is 3.32. The zero-order chi connectivity index (χ0) is 12.0. The first-order valence-corrected chi connectivity index (χ1v) is 6.66. The molecule has 1 aromatic rings. The summed E-state index contributed by atoms with van der Waals surface area (Å²) < 4.78 is 0. The van der Waals surface area contributed by atoms with Gasteiger partial charge in [-0.15, -0.1) is 12.6 Å². The first kappa shape index (κ1) is 13.4. The van der Waals surface area contributed by atoms with Gasteiger partial charge < -0.3 is 0 Å². The first-order chi connectivity index (χ1) is 7.70. The standard InChI is InChI=1S/C14H21OS/c1-3-5-7-11-9-10-13(16)12(14(11)15)8-6-4-2/h9-10,16H,3-8H2,1-2H3. The topological polar surface area (TPSA) is 19.9 Å². The molecule has 0 aromatic heterocycles. The van der Waals surface area contributed by atoms with E-state index in [4.69, 9.17) is 0 Å². The number of thiol groups is 1. The lowest BCUT2D eigenvalue weighted by molar-refractivity contribution is 0.342. The van der Waals surface area contributed by atoms with Crippen molar-refractivity contribution < 1.29 is 5.11 Å². The van der Waals surface area contributed by atoms with E-state index in [9.17, 15) is 5.11 Å². The maximum Gasteiger partial charge on any atom is 0.186 e. The van der Waals surface area contributed by atoms with Crippen LogP contribution in [-0.2, 0) is 17.9 Å². The van der Waals surface area contributed by atoms with Gasteiger partial charge in [0.05, 0.1) is 0 Å². The molecule has 0 N–H and O–H groups in total. The van der Waals surface area contributed by atoms with E-state index in [0.29, 0.717) is 0 Å². The smallest absolute Gasteiger partial charge is 0.186 e. The SMILES string of the molecule is CCCCc1ccc(S)c(CCCC)c1[O]. The molecule has 0 aliphatic heterocycles. The minimum atomic E-state index is 0.231. The van der Waals surface area contributed by atoms with Gasteiger partial charge in [-0.25, -0.2) is 0 Å². The molecule has 0 saturated heterocycles. The largest absolute Gasteiger partial charge is 0.289 e. The summed E-state index contributed by atoms with van der Waals surface area (Å²) in [6.45, 7) is 4.29. The number of aryl methyl sites for hydroxylation is 1. The van der Waals surface area contributed by atoms with Gasteiger partial charge in [0.15, 0.2) is 5.75 Å². The molecule has 2 heteroatoms. The molecular weight excluding hydrogens is 216 g/mol. The summed E-state index contributed by atoms with van der Waals surface area (Å²) in [6.07, 6.45) is 6.18. The van der Waals surface area contributed by atoms with Crippen molar-refractivity contribution in [3.8, 4) is 5.75 Å². The van der Waals surface area contributed by atoms with Crippen LogP contribution in [0.4, 0.5) is 0 Å². The van der Waals surface area contributed by atoms with Crippen molar-refractivity contribution in [3.05, 3.63) is 23.3 Å². The van der Waals surface area contributed by atoms with Crippen LogP contribution in [0, 0.1) is 0 Å². The van der Waals surface area contributed by atoms with E-state index in [-0.39, 0.29) is 5.75 Å². The van der Waals surface area contributed by atoms with Crippen LogP contribution in [0.25, 0.3) is 0 Å². The fourth-order valence-corrected chi connectivity index (χ4v) is 2.11. The van der Waals surface area contributed by atoms with Gasteiger partial charge in [0.2, 0.25) is 0 Å². The lowest BCUT2D eigenvalue weighted by atomic mass is 10.0. The van der Waals surface area contributed by atoms with E-state index in [1.54, 1.807) is 0 Å². The molecule has 0 fully saturated rings. The van der Waals surface area contributed by atoms with Gasteiger partial charge in [-0.05, 0) is 37.3 Å². The molecule has 89 valence electrons. The molecule has 0 aliphatic carbocycles. The van der Waals surface area contributed by atoms with E-state index in [0.717, 1.165) is 54.5 Å². The Bertz CT molecular complexity index is 334. The first-order valence-electron chi connectivity index (χ1n) is 6.21. The molecular formula is C14H21OS. The summed E-state index contributed by atoms with van der Waals surface area (Å²) in [5.41, 5.74) is 1.88. The lowest BCUT2D eigenvalue weighted by Gasteiger charge is -2.09. The van der Waals surface area contributed by atoms with Crippen LogP contribution in [0.3, 0.4) is 0 Å². The molecule has 0 aliphatic rings. The predicted molar refractivity (Wildman–Crippen MR) is 71.1 cm³/mol. The highest BCUT2D eigenvalue weighted by molar-refractivity contribution is 7.80.